The zero-order valence-corrected chi connectivity index (χ0v) is 33.8. The predicted molar refractivity (Wildman–Crippen MR) is 206 cm³/mol. The first-order valence-corrected chi connectivity index (χ1v) is 19.9. The van der Waals surface area contributed by atoms with Crippen molar-refractivity contribution >= 4 is 41.0 Å². The Labute approximate surface area is 319 Å². The second kappa shape index (κ2) is 20.6. The molecule has 294 valence electrons. The van der Waals surface area contributed by atoms with Crippen LogP contribution in [0.25, 0.3) is 0 Å². The number of benzene rings is 1. The van der Waals surface area contributed by atoms with E-state index in [1.807, 2.05) is 70.0 Å². The van der Waals surface area contributed by atoms with Gasteiger partial charge >= 0.3 is 11.9 Å². The first kappa shape index (κ1) is 43.6. The average molecular weight is 756 g/mol. The van der Waals surface area contributed by atoms with Crippen molar-refractivity contribution in [3.05, 3.63) is 52.0 Å². The molecule has 0 spiro atoms. The van der Waals surface area contributed by atoms with Crippen LogP contribution >= 0.6 is 11.3 Å². The van der Waals surface area contributed by atoms with Gasteiger partial charge in [-0.05, 0) is 56.7 Å². The van der Waals surface area contributed by atoms with Gasteiger partial charge in [-0.25, -0.2) is 4.98 Å². The summed E-state index contributed by atoms with van der Waals surface area (Å²) in [5, 5.41) is 17.7. The highest BCUT2D eigenvalue weighted by atomic mass is 32.1. The number of nitrogens with zero attached hydrogens (tertiary/aromatic N) is 3. The Bertz CT molecular complexity index is 1520. The molecule has 13 heteroatoms. The first-order valence-electron chi connectivity index (χ1n) is 19.0. The molecule has 1 aromatic carbocycles. The van der Waals surface area contributed by atoms with Gasteiger partial charge in [0.25, 0.3) is 5.91 Å². The van der Waals surface area contributed by atoms with E-state index in [4.69, 9.17) is 4.74 Å². The number of carboxylic acids is 1. The number of hydrogen-bond donors (Lipinski definition) is 3. The van der Waals surface area contributed by atoms with E-state index in [0.717, 1.165) is 31.4 Å². The molecular formula is C40H61N5O7S. The van der Waals surface area contributed by atoms with Gasteiger partial charge in [0.2, 0.25) is 11.8 Å². The molecule has 2 aromatic rings. The standard InChI is InChI=1S/C40H61N5O7S/c1-10-26(6)34(43-36(47)31-18-14-15-19-44(31)8)38(48)45(9)32(24(2)3)22-33(52-40(51)25(4)5)37-42-30(23-53-37)35(46)41-29(20-27(7)39(49)50)21-28-16-12-11-13-17-28/h11-13,16-17,23-27,29,31-34H,10,14-15,18-22H2,1-9H3,(H,41,46)(H,43,47)(H,49,50)/t26-,27?,29?,31?,32+,33+,34-/m0/s1. The number of piperidine rings is 1. The van der Waals surface area contributed by atoms with Crippen molar-refractivity contribution in [3.8, 4) is 0 Å². The van der Waals surface area contributed by atoms with Crippen molar-refractivity contribution in [1.82, 2.24) is 25.4 Å². The van der Waals surface area contributed by atoms with Crippen molar-refractivity contribution in [1.29, 1.82) is 0 Å². The number of hydrogen-bond acceptors (Lipinski definition) is 9. The summed E-state index contributed by atoms with van der Waals surface area (Å²) in [6.45, 7) is 13.9. The summed E-state index contributed by atoms with van der Waals surface area (Å²) >= 11 is 1.19. The molecule has 1 saturated heterocycles. The molecular weight excluding hydrogens is 695 g/mol. The number of carboxylic acid groups (broad SMARTS) is 1. The number of carbonyl (C=O) groups is 5. The van der Waals surface area contributed by atoms with Crippen molar-refractivity contribution in [2.45, 2.75) is 124 Å². The fourth-order valence-corrected chi connectivity index (χ4v) is 7.55. The Hall–Kier alpha value is -3.84. The van der Waals surface area contributed by atoms with Crippen LogP contribution in [0.15, 0.2) is 35.7 Å². The maximum atomic E-state index is 14.3. The van der Waals surface area contributed by atoms with Crippen molar-refractivity contribution in [2.24, 2.45) is 23.7 Å². The number of carbonyl (C=O) groups excluding carboxylic acids is 4. The topological polar surface area (TPSA) is 158 Å². The number of amides is 3. The van der Waals surface area contributed by atoms with Crippen LogP contribution < -0.4 is 10.6 Å². The zero-order valence-electron chi connectivity index (χ0n) is 33.0. The lowest BCUT2D eigenvalue weighted by Gasteiger charge is -2.38. The highest BCUT2D eigenvalue weighted by Gasteiger charge is 2.37. The van der Waals surface area contributed by atoms with Crippen molar-refractivity contribution < 1.29 is 33.8 Å². The van der Waals surface area contributed by atoms with Crippen LogP contribution in [0.2, 0.25) is 0 Å². The minimum Gasteiger partial charge on any atom is -0.481 e. The third kappa shape index (κ3) is 12.6. The number of aliphatic carboxylic acids is 1. The minimum absolute atomic E-state index is 0.0559. The lowest BCUT2D eigenvalue weighted by molar-refractivity contribution is -0.155. The van der Waals surface area contributed by atoms with E-state index in [-0.39, 0.29) is 48.2 Å². The predicted octanol–water partition coefficient (Wildman–Crippen LogP) is 5.72. The monoisotopic (exact) mass is 755 g/mol. The lowest BCUT2D eigenvalue weighted by Crippen LogP contribution is -2.58. The number of esters is 1. The van der Waals surface area contributed by atoms with Crippen LogP contribution in [0, 0.1) is 23.7 Å². The second-order valence-corrected chi connectivity index (χ2v) is 16.2. The van der Waals surface area contributed by atoms with Gasteiger partial charge < -0.3 is 25.4 Å². The first-order chi connectivity index (χ1) is 25.0. The molecule has 1 fully saturated rings. The van der Waals surface area contributed by atoms with Gasteiger partial charge in [0, 0.05) is 30.9 Å². The minimum atomic E-state index is -0.944. The Kier molecular flexibility index (Phi) is 16.9. The molecule has 3 rings (SSSR count). The fraction of sp³-hybridized carbons (Fsp3) is 0.650. The second-order valence-electron chi connectivity index (χ2n) is 15.3. The van der Waals surface area contributed by atoms with Gasteiger partial charge in [0.1, 0.15) is 16.7 Å². The quantitative estimate of drug-likeness (QED) is 0.153. The molecule has 0 bridgehead atoms. The number of likely N-dealkylation sites (N-methyl/N-ethyl adjacent to an activating group) is 2. The Morgan fingerprint density at radius 1 is 1.02 bits per heavy atom. The molecule has 3 amide bonds. The molecule has 1 aromatic heterocycles. The van der Waals surface area contributed by atoms with Crippen LogP contribution in [0.5, 0.6) is 0 Å². The number of ether oxygens (including phenoxy) is 1. The van der Waals surface area contributed by atoms with E-state index < -0.39 is 53.9 Å². The molecule has 1 aliphatic rings. The van der Waals surface area contributed by atoms with Gasteiger partial charge in [-0.15, -0.1) is 11.3 Å². The van der Waals surface area contributed by atoms with Gasteiger partial charge in [-0.3, -0.25) is 28.9 Å². The SMILES string of the molecule is CC[C@H](C)[C@H](NC(=O)C1CCCCN1C)C(=O)N(C)[C@H](C[C@@H](OC(=O)C(C)C)c1nc(C(=O)NC(Cc2ccccc2)CC(C)C(=O)O)cs1)C(C)C. The third-order valence-corrected chi connectivity index (χ3v) is 11.3. The maximum Gasteiger partial charge on any atom is 0.309 e. The van der Waals surface area contributed by atoms with Gasteiger partial charge in [-0.1, -0.05) is 91.6 Å². The number of likely N-dealkylation sites (tertiary alicyclic amines) is 1. The molecule has 12 nitrogen and oxygen atoms in total. The Morgan fingerprint density at radius 2 is 1.70 bits per heavy atom. The Morgan fingerprint density at radius 3 is 2.28 bits per heavy atom. The summed E-state index contributed by atoms with van der Waals surface area (Å²) in [5.41, 5.74) is 1.10. The normalized spacial score (nSPS) is 18.4. The molecule has 2 heterocycles. The van der Waals surface area contributed by atoms with E-state index in [1.54, 1.807) is 38.1 Å². The van der Waals surface area contributed by atoms with E-state index in [9.17, 15) is 29.1 Å². The Balaban J connectivity index is 1.86. The average Bonchev–Trinajstić information content (AvgIpc) is 3.62. The highest BCUT2D eigenvalue weighted by molar-refractivity contribution is 7.09. The van der Waals surface area contributed by atoms with Crippen molar-refractivity contribution in [2.75, 3.05) is 20.6 Å². The molecule has 3 unspecified atom stereocenters. The largest absolute Gasteiger partial charge is 0.481 e. The maximum absolute atomic E-state index is 14.3. The van der Waals surface area contributed by atoms with Gasteiger partial charge in [0.15, 0.2) is 6.10 Å². The number of rotatable bonds is 19. The van der Waals surface area contributed by atoms with Crippen LogP contribution in [-0.4, -0.2) is 94.4 Å². The molecule has 0 saturated carbocycles. The summed E-state index contributed by atoms with van der Waals surface area (Å²) in [6, 6.07) is 7.68. The third-order valence-electron chi connectivity index (χ3n) is 10.4. The zero-order chi connectivity index (χ0) is 39.4. The highest BCUT2D eigenvalue weighted by Crippen LogP contribution is 2.32. The van der Waals surface area contributed by atoms with Crippen molar-refractivity contribution in [3.63, 3.8) is 0 Å². The van der Waals surface area contributed by atoms with Crippen LogP contribution in [0.4, 0.5) is 0 Å². The van der Waals surface area contributed by atoms with E-state index >= 15 is 0 Å². The van der Waals surface area contributed by atoms with Crippen LogP contribution in [0.3, 0.4) is 0 Å². The number of nitrogens with one attached hydrogen (secondary N) is 2. The lowest BCUT2D eigenvalue weighted by atomic mass is 9.92. The summed E-state index contributed by atoms with van der Waals surface area (Å²) in [7, 11) is 3.67. The summed E-state index contributed by atoms with van der Waals surface area (Å²) in [6.07, 6.45) is 3.51. The fourth-order valence-electron chi connectivity index (χ4n) is 6.71. The number of aromatic nitrogens is 1. The van der Waals surface area contributed by atoms with Crippen LogP contribution in [0.1, 0.15) is 114 Å². The van der Waals surface area contributed by atoms with E-state index in [0.29, 0.717) is 17.8 Å². The summed E-state index contributed by atoms with van der Waals surface area (Å²) in [4.78, 5) is 74.4. The van der Waals surface area contributed by atoms with Crippen LogP contribution in [-0.2, 0) is 30.3 Å². The van der Waals surface area contributed by atoms with E-state index in [1.165, 1.54) is 11.3 Å². The smallest absolute Gasteiger partial charge is 0.309 e. The number of thiazole rings is 1. The van der Waals surface area contributed by atoms with Gasteiger partial charge in [-0.2, -0.15) is 0 Å². The summed E-state index contributed by atoms with van der Waals surface area (Å²) < 4.78 is 6.02. The molecule has 1 aliphatic heterocycles. The van der Waals surface area contributed by atoms with Gasteiger partial charge in [0.05, 0.1) is 17.9 Å². The van der Waals surface area contributed by atoms with E-state index in [2.05, 4.69) is 15.6 Å². The molecule has 0 radical (unpaired) electrons. The molecule has 0 aliphatic carbocycles. The molecule has 3 N–H and O–H groups in total. The summed E-state index contributed by atoms with van der Waals surface area (Å²) in [5.74, 6) is -3.45. The molecule has 53 heavy (non-hydrogen) atoms. The molecule has 7 atom stereocenters.